The third-order valence-electron chi connectivity index (χ3n) is 2.73. The molecule has 0 fully saturated rings. The molecule has 0 atom stereocenters. The molecule has 1 aromatic carbocycles. The number of nitro groups is 1. The lowest BCUT2D eigenvalue weighted by molar-refractivity contribution is -0.385. The van der Waals surface area contributed by atoms with Gasteiger partial charge < -0.3 is 10.1 Å². The monoisotopic (exact) mass is 261 g/mol. The van der Waals surface area contributed by atoms with Crippen LogP contribution in [0.25, 0.3) is 12.7 Å². The Morgan fingerprint density at radius 3 is 2.74 bits per heavy atom. The summed E-state index contributed by atoms with van der Waals surface area (Å²) in [6, 6.07) is 3.88. The third-order valence-corrected chi connectivity index (χ3v) is 2.73. The molecule has 0 amide bonds. The number of phenols is 1. The third kappa shape index (κ3) is 2.25. The first-order valence-corrected chi connectivity index (χ1v) is 5.33. The van der Waals surface area contributed by atoms with Crippen LogP contribution >= 0.6 is 0 Å². The Morgan fingerprint density at radius 2 is 2.21 bits per heavy atom. The fourth-order valence-corrected chi connectivity index (χ4v) is 1.64. The van der Waals surface area contributed by atoms with Crippen molar-refractivity contribution in [1.82, 2.24) is 9.55 Å². The van der Waals surface area contributed by atoms with Gasteiger partial charge in [-0.25, -0.2) is 0 Å². The molecule has 1 aromatic heterocycles. The van der Waals surface area contributed by atoms with Crippen molar-refractivity contribution in [1.29, 1.82) is 0 Å². The van der Waals surface area contributed by atoms with Gasteiger partial charge in [0.1, 0.15) is 10.8 Å². The summed E-state index contributed by atoms with van der Waals surface area (Å²) in [5, 5.41) is 20.3. The van der Waals surface area contributed by atoms with Gasteiger partial charge in [0, 0.05) is 13.1 Å². The van der Waals surface area contributed by atoms with Crippen LogP contribution in [0.4, 0.5) is 5.69 Å². The molecule has 1 heterocycles. The zero-order valence-electron chi connectivity index (χ0n) is 10.1. The molecule has 0 aliphatic rings. The predicted molar refractivity (Wildman–Crippen MR) is 69.1 cm³/mol. The van der Waals surface area contributed by atoms with Gasteiger partial charge in [-0.05, 0) is 17.7 Å². The summed E-state index contributed by atoms with van der Waals surface area (Å²) < 4.78 is 1.33. The van der Waals surface area contributed by atoms with Crippen molar-refractivity contribution in [2.75, 3.05) is 0 Å². The van der Waals surface area contributed by atoms with Gasteiger partial charge in [0.05, 0.1) is 4.92 Å². The van der Waals surface area contributed by atoms with Crippen LogP contribution in [0.15, 0.2) is 23.0 Å². The van der Waals surface area contributed by atoms with E-state index >= 15 is 0 Å². The second-order valence-corrected chi connectivity index (χ2v) is 4.00. The topological polar surface area (TPSA) is 101 Å². The minimum Gasteiger partial charge on any atom is -0.502 e. The molecule has 0 aliphatic carbocycles. The Kier molecular flexibility index (Phi) is 2.95. The van der Waals surface area contributed by atoms with Crippen LogP contribution in [0.5, 0.6) is 5.75 Å². The van der Waals surface area contributed by atoms with Gasteiger partial charge >= 0.3 is 5.69 Å². The van der Waals surface area contributed by atoms with Gasteiger partial charge in [-0.2, -0.15) is 0 Å². The lowest BCUT2D eigenvalue weighted by Gasteiger charge is -1.96. The lowest BCUT2D eigenvalue weighted by atomic mass is 10.2. The Bertz CT molecular complexity index is 816. The molecular weight excluding hydrogens is 250 g/mol. The zero-order chi connectivity index (χ0) is 14.2. The number of benzene rings is 1. The van der Waals surface area contributed by atoms with E-state index in [1.165, 1.54) is 28.8 Å². The van der Waals surface area contributed by atoms with Crippen LogP contribution < -0.4 is 16.4 Å². The molecule has 0 saturated heterocycles. The van der Waals surface area contributed by atoms with Crippen LogP contribution in [0, 0.1) is 10.1 Å². The smallest absolute Gasteiger partial charge is 0.311 e. The molecule has 7 heteroatoms. The highest BCUT2D eigenvalue weighted by Crippen LogP contribution is 2.26. The maximum absolute atomic E-state index is 11.8. The van der Waals surface area contributed by atoms with Crippen molar-refractivity contribution in [2.24, 2.45) is 7.05 Å². The Labute approximate surface area is 106 Å². The van der Waals surface area contributed by atoms with E-state index in [2.05, 4.69) is 11.6 Å². The zero-order valence-corrected chi connectivity index (χ0v) is 10.1. The molecule has 7 nitrogen and oxygen atoms in total. The summed E-state index contributed by atoms with van der Waals surface area (Å²) in [5.74, 6) is -0.417. The first-order chi connectivity index (χ1) is 8.90. The maximum Gasteiger partial charge on any atom is 0.311 e. The summed E-state index contributed by atoms with van der Waals surface area (Å²) in [7, 11) is 1.57. The molecule has 19 heavy (non-hydrogen) atoms. The fraction of sp³-hybridized carbons (Fsp3) is 0.0833. The highest BCUT2D eigenvalue weighted by atomic mass is 16.6. The van der Waals surface area contributed by atoms with Gasteiger partial charge in [-0.3, -0.25) is 19.5 Å². The van der Waals surface area contributed by atoms with Crippen molar-refractivity contribution in [2.45, 2.75) is 0 Å². The Hall–Kier alpha value is -2.83. The number of aromatic nitrogens is 2. The molecular formula is C12H11N3O4. The summed E-state index contributed by atoms with van der Waals surface area (Å²) in [4.78, 5) is 24.5. The van der Waals surface area contributed by atoms with Crippen molar-refractivity contribution in [3.8, 4) is 5.75 Å². The number of hydrogen-bond acceptors (Lipinski definition) is 4. The molecule has 2 rings (SSSR count). The summed E-state index contributed by atoms with van der Waals surface area (Å²) >= 11 is 0. The average Bonchev–Trinajstić information content (AvgIpc) is 2.59. The minimum atomic E-state index is -0.688. The van der Waals surface area contributed by atoms with E-state index < -0.39 is 16.4 Å². The van der Waals surface area contributed by atoms with E-state index in [9.17, 15) is 20.0 Å². The Morgan fingerprint density at radius 1 is 1.53 bits per heavy atom. The Balaban J connectivity index is 2.64. The van der Waals surface area contributed by atoms with Crippen LogP contribution in [-0.2, 0) is 7.05 Å². The summed E-state index contributed by atoms with van der Waals surface area (Å²) in [6.07, 6.45) is 1.46. The van der Waals surface area contributed by atoms with Gasteiger partial charge in [0.15, 0.2) is 5.75 Å². The molecule has 2 aromatic rings. The minimum absolute atomic E-state index is 0.271. The van der Waals surface area contributed by atoms with Crippen molar-refractivity contribution in [3.63, 3.8) is 0 Å². The van der Waals surface area contributed by atoms with Crippen LogP contribution in [0.3, 0.4) is 0 Å². The van der Waals surface area contributed by atoms with Crippen molar-refractivity contribution in [3.05, 3.63) is 55.1 Å². The number of aromatic hydroxyl groups is 1. The molecule has 98 valence electrons. The summed E-state index contributed by atoms with van der Waals surface area (Å²) in [5.41, 5.74) is 0.181. The largest absolute Gasteiger partial charge is 0.502 e. The normalized spacial score (nSPS) is 11.7. The van der Waals surface area contributed by atoms with Crippen LogP contribution in [-0.4, -0.2) is 19.6 Å². The van der Waals surface area contributed by atoms with Gasteiger partial charge in [-0.15, -0.1) is 0 Å². The second kappa shape index (κ2) is 4.45. The van der Waals surface area contributed by atoms with E-state index in [1.54, 1.807) is 7.05 Å². The van der Waals surface area contributed by atoms with E-state index in [0.717, 1.165) is 0 Å². The van der Waals surface area contributed by atoms with Gasteiger partial charge in [0.2, 0.25) is 0 Å². The van der Waals surface area contributed by atoms with E-state index in [0.29, 0.717) is 11.0 Å². The van der Waals surface area contributed by atoms with E-state index in [1.807, 2.05) is 0 Å². The standard InChI is InChI=1S/C12H11N3O4/c1-7-13-9(12(17)14(7)2)5-8-3-4-11(16)10(6-8)15(18)19/h3-6,13,16H,1H2,2H3. The number of nitro benzene ring substituents is 1. The number of aromatic amines is 1. The number of nitrogens with one attached hydrogen (secondary N) is 1. The van der Waals surface area contributed by atoms with Crippen LogP contribution in [0.1, 0.15) is 5.56 Å². The van der Waals surface area contributed by atoms with E-state index in [-0.39, 0.29) is 10.9 Å². The van der Waals surface area contributed by atoms with Gasteiger partial charge in [-0.1, -0.05) is 12.6 Å². The molecule has 2 N–H and O–H groups in total. The van der Waals surface area contributed by atoms with Crippen molar-refractivity contribution < 1.29 is 10.0 Å². The lowest BCUT2D eigenvalue weighted by Crippen LogP contribution is -2.28. The molecule has 0 saturated carbocycles. The molecule has 0 radical (unpaired) electrons. The first-order valence-electron chi connectivity index (χ1n) is 5.33. The highest BCUT2D eigenvalue weighted by molar-refractivity contribution is 5.57. The van der Waals surface area contributed by atoms with Crippen molar-refractivity contribution >= 4 is 18.3 Å². The first kappa shape index (κ1) is 12.6. The SMILES string of the molecule is C=c1[nH]c(=Cc2ccc(O)c([N+](=O)[O-])c2)c(=O)n1C. The number of phenolic OH excluding ortho intramolecular Hbond substituents is 1. The predicted octanol–water partition coefficient (Wildman–Crippen LogP) is -0.434. The second-order valence-electron chi connectivity index (χ2n) is 4.00. The molecule has 0 bridgehead atoms. The van der Waals surface area contributed by atoms with Crippen LogP contribution in [0.2, 0.25) is 0 Å². The number of imidazole rings is 1. The number of rotatable bonds is 2. The molecule has 0 spiro atoms. The number of hydrogen-bond donors (Lipinski definition) is 2. The van der Waals surface area contributed by atoms with Gasteiger partial charge in [0.25, 0.3) is 5.56 Å². The molecule has 0 aliphatic heterocycles. The summed E-state index contributed by atoms with van der Waals surface area (Å²) in [6.45, 7) is 3.64. The molecule has 0 unspecified atom stereocenters. The highest BCUT2D eigenvalue weighted by Gasteiger charge is 2.12. The maximum atomic E-state index is 11.8. The average molecular weight is 261 g/mol. The number of nitrogens with zero attached hydrogens (tertiary/aromatic N) is 2. The fourth-order valence-electron chi connectivity index (χ4n) is 1.64. The number of H-pyrrole nitrogens is 1. The quantitative estimate of drug-likeness (QED) is 0.565. The van der Waals surface area contributed by atoms with E-state index in [4.69, 9.17) is 0 Å².